The molecule has 0 aliphatic heterocycles. The summed E-state index contributed by atoms with van der Waals surface area (Å²) in [7, 11) is 1.86. The fraction of sp³-hybridized carbons (Fsp3) is 0.417. The predicted octanol–water partition coefficient (Wildman–Crippen LogP) is 1.72. The van der Waals surface area contributed by atoms with Crippen molar-refractivity contribution in [2.24, 2.45) is 7.05 Å². The van der Waals surface area contributed by atoms with Crippen LogP contribution in [0, 0.1) is 0 Å². The van der Waals surface area contributed by atoms with E-state index in [1.807, 2.05) is 37.6 Å². The molecular weight excluding hydrogens is 218 g/mol. The van der Waals surface area contributed by atoms with Crippen LogP contribution >= 0.6 is 0 Å². The fourth-order valence-corrected chi connectivity index (χ4v) is 2.09. The van der Waals surface area contributed by atoms with E-state index in [2.05, 4.69) is 9.97 Å². The van der Waals surface area contributed by atoms with Crippen molar-refractivity contribution in [2.75, 3.05) is 0 Å². The third-order valence-corrected chi connectivity index (χ3v) is 2.83. The first-order valence-corrected chi connectivity index (χ1v) is 5.41. The molecule has 0 fully saturated rings. The van der Waals surface area contributed by atoms with E-state index in [4.69, 9.17) is 5.11 Å². The Bertz CT molecular complexity index is 572. The summed E-state index contributed by atoms with van der Waals surface area (Å²) in [4.78, 5) is 19.6. The highest BCUT2D eigenvalue weighted by Gasteiger charge is 2.29. The maximum absolute atomic E-state index is 10.9. The van der Waals surface area contributed by atoms with Crippen LogP contribution in [0.25, 0.3) is 11.2 Å². The molecule has 0 aliphatic carbocycles. The van der Waals surface area contributed by atoms with Gasteiger partial charge in [0, 0.05) is 18.7 Å². The summed E-state index contributed by atoms with van der Waals surface area (Å²) >= 11 is 0. The average Bonchev–Trinajstić information content (AvgIpc) is 2.56. The van der Waals surface area contributed by atoms with Gasteiger partial charge in [0.05, 0.1) is 6.42 Å². The summed E-state index contributed by atoms with van der Waals surface area (Å²) in [6, 6.07) is 3.70. The second-order valence-electron chi connectivity index (χ2n) is 4.79. The third-order valence-electron chi connectivity index (χ3n) is 2.83. The smallest absolute Gasteiger partial charge is 0.304 e. The monoisotopic (exact) mass is 233 g/mol. The number of pyridine rings is 1. The Morgan fingerprint density at radius 3 is 2.82 bits per heavy atom. The fourth-order valence-electron chi connectivity index (χ4n) is 2.09. The number of nitrogens with zero attached hydrogens (tertiary/aromatic N) is 3. The molecule has 0 saturated carbocycles. The SMILES string of the molecule is Cn1c(C(C)(C)CC(=O)O)nc2cccnc21. The van der Waals surface area contributed by atoms with E-state index in [0.29, 0.717) is 0 Å². The van der Waals surface area contributed by atoms with Gasteiger partial charge < -0.3 is 9.67 Å². The van der Waals surface area contributed by atoms with Crippen molar-refractivity contribution in [1.29, 1.82) is 0 Å². The van der Waals surface area contributed by atoms with Gasteiger partial charge >= 0.3 is 5.97 Å². The summed E-state index contributed by atoms with van der Waals surface area (Å²) in [6.07, 6.45) is 1.75. The maximum Gasteiger partial charge on any atom is 0.304 e. The first-order valence-electron chi connectivity index (χ1n) is 5.41. The van der Waals surface area contributed by atoms with Gasteiger partial charge in [-0.15, -0.1) is 0 Å². The first kappa shape index (κ1) is 11.6. The Labute approximate surface area is 99.1 Å². The summed E-state index contributed by atoms with van der Waals surface area (Å²) in [5, 5.41) is 8.92. The number of hydrogen-bond donors (Lipinski definition) is 1. The molecule has 0 aromatic carbocycles. The lowest BCUT2D eigenvalue weighted by Gasteiger charge is -2.21. The molecule has 0 atom stereocenters. The lowest BCUT2D eigenvalue weighted by Crippen LogP contribution is -2.25. The van der Waals surface area contributed by atoms with Crippen molar-refractivity contribution >= 4 is 17.1 Å². The number of carbonyl (C=O) groups is 1. The number of rotatable bonds is 3. The molecule has 2 heterocycles. The van der Waals surface area contributed by atoms with Crippen LogP contribution in [0.15, 0.2) is 18.3 Å². The van der Waals surface area contributed by atoms with Crippen molar-refractivity contribution in [2.45, 2.75) is 25.7 Å². The van der Waals surface area contributed by atoms with Gasteiger partial charge in [0.2, 0.25) is 0 Å². The summed E-state index contributed by atoms with van der Waals surface area (Å²) in [5.41, 5.74) is 1.06. The molecule has 90 valence electrons. The minimum absolute atomic E-state index is 0.0458. The highest BCUT2D eigenvalue weighted by atomic mass is 16.4. The number of carboxylic acid groups (broad SMARTS) is 1. The molecule has 0 aliphatic rings. The van der Waals surface area contributed by atoms with Gasteiger partial charge in [0.15, 0.2) is 5.65 Å². The van der Waals surface area contributed by atoms with Crippen LogP contribution in [0.5, 0.6) is 0 Å². The van der Waals surface area contributed by atoms with Crippen LogP contribution in [-0.4, -0.2) is 25.6 Å². The molecule has 0 saturated heterocycles. The van der Waals surface area contributed by atoms with E-state index in [1.165, 1.54) is 0 Å². The summed E-state index contributed by atoms with van der Waals surface area (Å²) < 4.78 is 1.86. The molecule has 0 bridgehead atoms. The van der Waals surface area contributed by atoms with E-state index >= 15 is 0 Å². The minimum Gasteiger partial charge on any atom is -0.481 e. The van der Waals surface area contributed by atoms with E-state index in [1.54, 1.807) is 6.20 Å². The Morgan fingerprint density at radius 2 is 2.24 bits per heavy atom. The predicted molar refractivity (Wildman–Crippen MR) is 63.8 cm³/mol. The normalized spacial score (nSPS) is 11.9. The van der Waals surface area contributed by atoms with Gasteiger partial charge in [-0.3, -0.25) is 4.79 Å². The van der Waals surface area contributed by atoms with Crippen molar-refractivity contribution < 1.29 is 9.90 Å². The van der Waals surface area contributed by atoms with E-state index < -0.39 is 11.4 Å². The zero-order valence-electron chi connectivity index (χ0n) is 10.1. The Morgan fingerprint density at radius 1 is 1.53 bits per heavy atom. The average molecular weight is 233 g/mol. The summed E-state index contributed by atoms with van der Waals surface area (Å²) in [6.45, 7) is 3.75. The standard InChI is InChI=1S/C12H15N3O2/c1-12(2,7-9(16)17)11-14-8-5-4-6-13-10(8)15(11)3/h4-6H,7H2,1-3H3,(H,16,17). The number of carboxylic acids is 1. The Balaban J connectivity index is 2.55. The van der Waals surface area contributed by atoms with E-state index in [9.17, 15) is 4.79 Å². The Kier molecular flexibility index (Phi) is 2.61. The number of aromatic nitrogens is 3. The second kappa shape index (κ2) is 3.84. The van der Waals surface area contributed by atoms with Crippen molar-refractivity contribution in [3.05, 3.63) is 24.2 Å². The largest absolute Gasteiger partial charge is 0.481 e. The van der Waals surface area contributed by atoms with Crippen LogP contribution < -0.4 is 0 Å². The molecule has 17 heavy (non-hydrogen) atoms. The van der Waals surface area contributed by atoms with Gasteiger partial charge in [0.25, 0.3) is 0 Å². The van der Waals surface area contributed by atoms with Gasteiger partial charge in [-0.2, -0.15) is 0 Å². The number of imidazole rings is 1. The number of hydrogen-bond acceptors (Lipinski definition) is 3. The molecule has 5 heteroatoms. The zero-order valence-corrected chi connectivity index (χ0v) is 10.1. The highest BCUT2D eigenvalue weighted by Crippen LogP contribution is 2.28. The number of aliphatic carboxylic acids is 1. The lowest BCUT2D eigenvalue weighted by atomic mass is 9.88. The van der Waals surface area contributed by atoms with Crippen LogP contribution in [-0.2, 0) is 17.3 Å². The van der Waals surface area contributed by atoms with Gasteiger partial charge in [-0.25, -0.2) is 9.97 Å². The molecule has 5 nitrogen and oxygen atoms in total. The molecule has 1 N–H and O–H groups in total. The van der Waals surface area contributed by atoms with Crippen LogP contribution in [0.2, 0.25) is 0 Å². The maximum atomic E-state index is 10.9. The molecule has 2 aromatic rings. The van der Waals surface area contributed by atoms with Gasteiger partial charge in [-0.1, -0.05) is 13.8 Å². The molecule has 0 spiro atoms. The second-order valence-corrected chi connectivity index (χ2v) is 4.79. The molecule has 0 radical (unpaired) electrons. The summed E-state index contributed by atoms with van der Waals surface area (Å²) in [5.74, 6) is -0.0800. The topological polar surface area (TPSA) is 68.0 Å². The van der Waals surface area contributed by atoms with Crippen molar-refractivity contribution in [3.63, 3.8) is 0 Å². The van der Waals surface area contributed by atoms with Crippen molar-refractivity contribution in [1.82, 2.24) is 14.5 Å². The zero-order chi connectivity index (χ0) is 12.6. The minimum atomic E-state index is -0.824. The van der Waals surface area contributed by atoms with Crippen molar-refractivity contribution in [3.8, 4) is 0 Å². The first-order chi connectivity index (χ1) is 7.92. The third kappa shape index (κ3) is 2.00. The molecule has 2 rings (SSSR count). The van der Waals surface area contributed by atoms with Gasteiger partial charge in [0.1, 0.15) is 11.3 Å². The van der Waals surface area contributed by atoms with E-state index in [0.717, 1.165) is 17.0 Å². The molecule has 0 amide bonds. The van der Waals surface area contributed by atoms with Crippen LogP contribution in [0.4, 0.5) is 0 Å². The number of aryl methyl sites for hydroxylation is 1. The van der Waals surface area contributed by atoms with E-state index in [-0.39, 0.29) is 6.42 Å². The lowest BCUT2D eigenvalue weighted by molar-refractivity contribution is -0.138. The number of fused-ring (bicyclic) bond motifs is 1. The Hall–Kier alpha value is -1.91. The molecule has 2 aromatic heterocycles. The quantitative estimate of drug-likeness (QED) is 0.876. The highest BCUT2D eigenvalue weighted by molar-refractivity contribution is 5.72. The molecular formula is C12H15N3O2. The van der Waals surface area contributed by atoms with Crippen LogP contribution in [0.3, 0.4) is 0 Å². The van der Waals surface area contributed by atoms with Gasteiger partial charge in [-0.05, 0) is 12.1 Å². The molecule has 0 unspecified atom stereocenters. The van der Waals surface area contributed by atoms with Crippen LogP contribution in [0.1, 0.15) is 26.1 Å².